The van der Waals surface area contributed by atoms with Crippen LogP contribution >= 0.6 is 11.6 Å². The van der Waals surface area contributed by atoms with Gasteiger partial charge < -0.3 is 9.15 Å². The summed E-state index contributed by atoms with van der Waals surface area (Å²) in [7, 11) is 0. The summed E-state index contributed by atoms with van der Waals surface area (Å²) in [5.41, 5.74) is 1.54. The van der Waals surface area contributed by atoms with Gasteiger partial charge in [0.05, 0.1) is 17.2 Å². The maximum absolute atomic E-state index is 12.5. The van der Waals surface area contributed by atoms with E-state index in [0.717, 1.165) is 5.39 Å². The predicted molar refractivity (Wildman–Crippen MR) is 116 cm³/mol. The second-order valence-corrected chi connectivity index (χ2v) is 7.22. The number of aromatic nitrogens is 2. The van der Waals surface area contributed by atoms with E-state index < -0.39 is 10.9 Å². The Morgan fingerprint density at radius 1 is 1.31 bits per heavy atom. The average Bonchev–Trinajstić information content (AvgIpc) is 3.31. The van der Waals surface area contributed by atoms with Gasteiger partial charge in [0.15, 0.2) is 11.5 Å². The van der Waals surface area contributed by atoms with E-state index in [9.17, 15) is 20.2 Å². The summed E-state index contributed by atoms with van der Waals surface area (Å²) < 4.78 is 12.4. The number of non-ortho nitro benzene ring substituents is 1. The van der Waals surface area contributed by atoms with Crippen LogP contribution in [-0.4, -0.2) is 27.3 Å². The van der Waals surface area contributed by atoms with Gasteiger partial charge in [-0.3, -0.25) is 10.1 Å². The highest BCUT2D eigenvalue weighted by Crippen LogP contribution is 2.38. The molecule has 2 aromatic carbocycles. The molecule has 0 aliphatic rings. The number of carbonyl (C=O) groups is 1. The van der Waals surface area contributed by atoms with Crippen molar-refractivity contribution in [3.05, 3.63) is 74.4 Å². The summed E-state index contributed by atoms with van der Waals surface area (Å²) in [6.07, 6.45) is 0. The lowest BCUT2D eigenvalue weighted by molar-refractivity contribution is -0.384. The number of furan rings is 1. The highest BCUT2D eigenvalue weighted by Gasteiger charge is 2.29. The number of aryl methyl sites for hydroxylation is 1. The Morgan fingerprint density at radius 2 is 2.03 bits per heavy atom. The van der Waals surface area contributed by atoms with Crippen LogP contribution in [0.3, 0.4) is 0 Å². The van der Waals surface area contributed by atoms with Crippen LogP contribution in [0.25, 0.3) is 28.1 Å². The van der Waals surface area contributed by atoms with E-state index in [1.54, 1.807) is 32.0 Å². The Labute approximate surface area is 186 Å². The third-order valence-corrected chi connectivity index (χ3v) is 5.12. The van der Waals surface area contributed by atoms with Crippen LogP contribution < -0.4 is 0 Å². The number of halogens is 1. The van der Waals surface area contributed by atoms with Gasteiger partial charge >= 0.3 is 5.97 Å². The standard InChI is InChI=1S/C22H15ClN4O5/c1-3-31-22(28)19-17(11-24)20(21-12(2)16-10-13(23)4-9-18(16)32-21)26(25-19)14-5-7-15(8-6-14)27(29)30/h4-10H,3H2,1-2H3. The van der Waals surface area contributed by atoms with E-state index in [4.69, 9.17) is 20.8 Å². The summed E-state index contributed by atoms with van der Waals surface area (Å²) in [5, 5.41) is 26.5. The number of nitrogens with zero attached hydrogens (tertiary/aromatic N) is 4. The molecule has 2 heterocycles. The summed E-state index contributed by atoms with van der Waals surface area (Å²) >= 11 is 6.12. The Bertz CT molecular complexity index is 1410. The highest BCUT2D eigenvalue weighted by molar-refractivity contribution is 6.31. The van der Waals surface area contributed by atoms with Crippen molar-refractivity contribution in [3.8, 4) is 23.2 Å². The Morgan fingerprint density at radius 3 is 2.66 bits per heavy atom. The van der Waals surface area contributed by atoms with Gasteiger partial charge in [0, 0.05) is 28.1 Å². The fourth-order valence-electron chi connectivity index (χ4n) is 3.40. The molecule has 4 aromatic rings. The molecule has 0 saturated carbocycles. The van der Waals surface area contributed by atoms with Gasteiger partial charge in [-0.15, -0.1) is 0 Å². The minimum absolute atomic E-state index is 0.0324. The summed E-state index contributed by atoms with van der Waals surface area (Å²) in [4.78, 5) is 23.0. The molecule has 0 unspecified atom stereocenters. The van der Waals surface area contributed by atoms with Crippen molar-refractivity contribution in [2.24, 2.45) is 0 Å². The molecule has 4 rings (SSSR count). The predicted octanol–water partition coefficient (Wildman–Crippen LogP) is 5.20. The fourth-order valence-corrected chi connectivity index (χ4v) is 3.57. The molecule has 0 atom stereocenters. The first kappa shape index (κ1) is 21.1. The van der Waals surface area contributed by atoms with Crippen LogP contribution in [-0.2, 0) is 4.74 Å². The zero-order chi connectivity index (χ0) is 23.0. The van der Waals surface area contributed by atoms with E-state index in [2.05, 4.69) is 5.10 Å². The molecule has 2 aromatic heterocycles. The van der Waals surface area contributed by atoms with Crippen LogP contribution in [0.2, 0.25) is 5.02 Å². The van der Waals surface area contributed by atoms with Crippen molar-refractivity contribution in [3.63, 3.8) is 0 Å². The number of esters is 1. The maximum Gasteiger partial charge on any atom is 0.360 e. The number of hydrogen-bond acceptors (Lipinski definition) is 7. The van der Waals surface area contributed by atoms with Gasteiger partial charge in [-0.05, 0) is 44.2 Å². The van der Waals surface area contributed by atoms with E-state index in [-0.39, 0.29) is 29.2 Å². The van der Waals surface area contributed by atoms with Crippen LogP contribution in [0.5, 0.6) is 0 Å². The number of carbonyl (C=O) groups excluding carboxylic acids is 1. The molecule has 0 amide bonds. The normalized spacial score (nSPS) is 10.8. The Balaban J connectivity index is 2.02. The van der Waals surface area contributed by atoms with Crippen molar-refractivity contribution in [2.75, 3.05) is 6.61 Å². The van der Waals surface area contributed by atoms with Gasteiger partial charge in [0.2, 0.25) is 0 Å². The van der Waals surface area contributed by atoms with Crippen molar-refractivity contribution < 1.29 is 18.9 Å². The quantitative estimate of drug-likeness (QED) is 0.232. The monoisotopic (exact) mass is 450 g/mol. The SMILES string of the molecule is CCOC(=O)c1nn(-c2ccc([N+](=O)[O-])cc2)c(-c2oc3ccc(Cl)cc3c2C)c1C#N. The number of rotatable bonds is 5. The van der Waals surface area contributed by atoms with Crippen molar-refractivity contribution in [1.82, 2.24) is 9.78 Å². The lowest BCUT2D eigenvalue weighted by Gasteiger charge is -2.06. The topological polar surface area (TPSA) is 124 Å². The van der Waals surface area contributed by atoms with Crippen molar-refractivity contribution in [1.29, 1.82) is 5.26 Å². The molecule has 0 N–H and O–H groups in total. The lowest BCUT2D eigenvalue weighted by Crippen LogP contribution is -2.08. The van der Waals surface area contributed by atoms with Crippen LogP contribution in [0.4, 0.5) is 5.69 Å². The molecular weight excluding hydrogens is 436 g/mol. The third kappa shape index (κ3) is 3.46. The van der Waals surface area contributed by atoms with Crippen LogP contribution in [0.1, 0.15) is 28.5 Å². The molecule has 0 aliphatic heterocycles. The molecular formula is C22H15ClN4O5. The smallest absolute Gasteiger partial charge is 0.360 e. The zero-order valence-corrected chi connectivity index (χ0v) is 17.7. The highest BCUT2D eigenvalue weighted by atomic mass is 35.5. The van der Waals surface area contributed by atoms with E-state index in [0.29, 0.717) is 27.6 Å². The zero-order valence-electron chi connectivity index (χ0n) is 17.0. The van der Waals surface area contributed by atoms with Crippen LogP contribution in [0, 0.1) is 28.4 Å². The molecule has 0 spiro atoms. The fraction of sp³-hybridized carbons (Fsp3) is 0.136. The molecule has 0 saturated heterocycles. The second-order valence-electron chi connectivity index (χ2n) is 6.79. The van der Waals surface area contributed by atoms with Gasteiger partial charge in [0.25, 0.3) is 5.69 Å². The first-order valence-corrected chi connectivity index (χ1v) is 9.87. The largest absolute Gasteiger partial charge is 0.461 e. The molecule has 9 nitrogen and oxygen atoms in total. The van der Waals surface area contributed by atoms with E-state index in [1.165, 1.54) is 28.9 Å². The van der Waals surface area contributed by atoms with Gasteiger partial charge in [0.1, 0.15) is 22.9 Å². The molecule has 160 valence electrons. The second kappa shape index (κ2) is 8.17. The maximum atomic E-state index is 12.5. The first-order chi connectivity index (χ1) is 15.3. The number of ether oxygens (including phenoxy) is 1. The average molecular weight is 451 g/mol. The number of hydrogen-bond donors (Lipinski definition) is 0. The molecule has 0 bridgehead atoms. The summed E-state index contributed by atoms with van der Waals surface area (Å²) in [5.74, 6) is -0.442. The molecule has 0 aliphatic carbocycles. The van der Waals surface area contributed by atoms with Gasteiger partial charge in [-0.25, -0.2) is 9.48 Å². The molecule has 0 radical (unpaired) electrons. The third-order valence-electron chi connectivity index (χ3n) is 4.88. The molecule has 10 heteroatoms. The minimum Gasteiger partial charge on any atom is -0.461 e. The number of nitriles is 1. The minimum atomic E-state index is -0.761. The summed E-state index contributed by atoms with van der Waals surface area (Å²) in [6, 6.07) is 12.7. The Hall–Kier alpha value is -4.16. The van der Waals surface area contributed by atoms with E-state index >= 15 is 0 Å². The lowest BCUT2D eigenvalue weighted by atomic mass is 10.1. The number of fused-ring (bicyclic) bond motifs is 1. The Kier molecular flexibility index (Phi) is 5.38. The molecule has 0 fully saturated rings. The van der Waals surface area contributed by atoms with Crippen molar-refractivity contribution >= 4 is 34.2 Å². The van der Waals surface area contributed by atoms with Crippen molar-refractivity contribution in [2.45, 2.75) is 13.8 Å². The van der Waals surface area contributed by atoms with Gasteiger partial charge in [-0.1, -0.05) is 11.6 Å². The van der Waals surface area contributed by atoms with Crippen LogP contribution in [0.15, 0.2) is 46.9 Å². The van der Waals surface area contributed by atoms with Gasteiger partial charge in [-0.2, -0.15) is 10.4 Å². The summed E-state index contributed by atoms with van der Waals surface area (Å²) in [6.45, 7) is 3.55. The molecule has 32 heavy (non-hydrogen) atoms. The number of nitro benzene ring substituents is 1. The number of nitro groups is 1. The van der Waals surface area contributed by atoms with E-state index in [1.807, 2.05) is 6.07 Å². The first-order valence-electron chi connectivity index (χ1n) is 9.49. The number of benzene rings is 2.